The van der Waals surface area contributed by atoms with Crippen LogP contribution in [0, 0.1) is 17.1 Å². The van der Waals surface area contributed by atoms with Crippen molar-refractivity contribution in [3.63, 3.8) is 0 Å². The molecular formula is C15H9FN2. The number of nitrogens with one attached hydrogen (secondary N) is 1. The Morgan fingerprint density at radius 3 is 2.67 bits per heavy atom. The van der Waals surface area contributed by atoms with Crippen molar-refractivity contribution >= 4 is 10.9 Å². The van der Waals surface area contributed by atoms with Crippen molar-refractivity contribution in [1.82, 2.24) is 4.98 Å². The van der Waals surface area contributed by atoms with Gasteiger partial charge in [-0.3, -0.25) is 0 Å². The van der Waals surface area contributed by atoms with Crippen molar-refractivity contribution < 1.29 is 4.39 Å². The average Bonchev–Trinajstić information content (AvgIpc) is 2.82. The number of fused-ring (bicyclic) bond motifs is 1. The van der Waals surface area contributed by atoms with Gasteiger partial charge in [-0.05, 0) is 30.3 Å². The zero-order valence-electron chi connectivity index (χ0n) is 9.44. The van der Waals surface area contributed by atoms with E-state index in [9.17, 15) is 4.39 Å². The highest BCUT2D eigenvalue weighted by Gasteiger charge is 2.09. The van der Waals surface area contributed by atoms with Gasteiger partial charge in [0.05, 0.1) is 11.6 Å². The quantitative estimate of drug-likeness (QED) is 0.685. The van der Waals surface area contributed by atoms with Crippen LogP contribution in [0.15, 0.2) is 48.5 Å². The van der Waals surface area contributed by atoms with E-state index in [2.05, 4.69) is 11.1 Å². The third kappa shape index (κ3) is 1.56. The van der Waals surface area contributed by atoms with Crippen LogP contribution in [0.3, 0.4) is 0 Å². The third-order valence-corrected chi connectivity index (χ3v) is 2.95. The number of benzene rings is 2. The number of halogens is 1. The highest BCUT2D eigenvalue weighted by molar-refractivity contribution is 5.90. The molecule has 0 atom stereocenters. The van der Waals surface area contributed by atoms with Crippen LogP contribution in [0.1, 0.15) is 5.56 Å². The topological polar surface area (TPSA) is 39.6 Å². The summed E-state index contributed by atoms with van der Waals surface area (Å²) in [6.07, 6.45) is 0. The molecule has 0 unspecified atom stereocenters. The number of H-pyrrole nitrogens is 1. The number of aromatic nitrogens is 1. The standard InChI is InChI=1S/C15H9FN2/c16-13-6-2-1-5-11(13)15-8-12-10(9-17)4-3-7-14(12)18-15/h1-8,18H. The minimum atomic E-state index is -0.275. The minimum absolute atomic E-state index is 0.275. The van der Waals surface area contributed by atoms with E-state index in [-0.39, 0.29) is 5.82 Å². The van der Waals surface area contributed by atoms with Gasteiger partial charge in [-0.25, -0.2) is 4.39 Å². The molecule has 0 radical (unpaired) electrons. The van der Waals surface area contributed by atoms with Gasteiger partial charge in [0.2, 0.25) is 0 Å². The lowest BCUT2D eigenvalue weighted by molar-refractivity contribution is 0.631. The van der Waals surface area contributed by atoms with Crippen LogP contribution in [0.5, 0.6) is 0 Å². The fourth-order valence-corrected chi connectivity index (χ4v) is 2.08. The number of hydrogen-bond donors (Lipinski definition) is 1. The van der Waals surface area contributed by atoms with Crippen LogP contribution < -0.4 is 0 Å². The number of nitriles is 1. The van der Waals surface area contributed by atoms with Gasteiger partial charge in [0, 0.05) is 22.2 Å². The lowest BCUT2D eigenvalue weighted by Gasteiger charge is -1.98. The van der Waals surface area contributed by atoms with E-state index >= 15 is 0 Å². The summed E-state index contributed by atoms with van der Waals surface area (Å²) in [4.78, 5) is 3.14. The molecule has 0 saturated heterocycles. The first-order valence-corrected chi connectivity index (χ1v) is 5.56. The van der Waals surface area contributed by atoms with Gasteiger partial charge in [0.25, 0.3) is 0 Å². The predicted octanol–water partition coefficient (Wildman–Crippen LogP) is 3.85. The highest BCUT2D eigenvalue weighted by atomic mass is 19.1. The van der Waals surface area contributed by atoms with E-state index < -0.39 is 0 Å². The van der Waals surface area contributed by atoms with E-state index in [0.29, 0.717) is 16.8 Å². The number of hydrogen-bond acceptors (Lipinski definition) is 1. The van der Waals surface area contributed by atoms with Crippen molar-refractivity contribution in [2.24, 2.45) is 0 Å². The van der Waals surface area contributed by atoms with Crippen molar-refractivity contribution in [2.75, 3.05) is 0 Å². The molecule has 1 aromatic heterocycles. The first-order valence-electron chi connectivity index (χ1n) is 5.56. The first kappa shape index (κ1) is 10.5. The summed E-state index contributed by atoms with van der Waals surface area (Å²) in [5.74, 6) is -0.275. The largest absolute Gasteiger partial charge is 0.354 e. The van der Waals surface area contributed by atoms with Gasteiger partial charge in [-0.2, -0.15) is 5.26 Å². The summed E-state index contributed by atoms with van der Waals surface area (Å²) in [7, 11) is 0. The molecule has 0 fully saturated rings. The lowest BCUT2D eigenvalue weighted by Crippen LogP contribution is -1.82. The molecule has 0 aliphatic carbocycles. The van der Waals surface area contributed by atoms with Crippen LogP contribution in [0.4, 0.5) is 4.39 Å². The molecule has 0 amide bonds. The number of nitrogens with zero attached hydrogens (tertiary/aromatic N) is 1. The van der Waals surface area contributed by atoms with Gasteiger partial charge in [0.1, 0.15) is 5.82 Å². The Balaban J connectivity index is 2.27. The lowest BCUT2D eigenvalue weighted by atomic mass is 10.1. The maximum absolute atomic E-state index is 13.7. The molecule has 2 aromatic carbocycles. The normalized spacial score (nSPS) is 10.4. The Labute approximate surface area is 103 Å². The molecule has 3 heteroatoms. The predicted molar refractivity (Wildman–Crippen MR) is 68.4 cm³/mol. The van der Waals surface area contributed by atoms with Crippen LogP contribution in [-0.2, 0) is 0 Å². The van der Waals surface area contributed by atoms with Crippen LogP contribution in [0.2, 0.25) is 0 Å². The molecule has 1 N–H and O–H groups in total. The van der Waals surface area contributed by atoms with Crippen molar-refractivity contribution in [1.29, 1.82) is 5.26 Å². The van der Waals surface area contributed by atoms with Gasteiger partial charge < -0.3 is 4.98 Å². The molecule has 18 heavy (non-hydrogen) atoms. The van der Waals surface area contributed by atoms with E-state index in [1.54, 1.807) is 24.3 Å². The Hall–Kier alpha value is -2.60. The third-order valence-electron chi connectivity index (χ3n) is 2.95. The highest BCUT2D eigenvalue weighted by Crippen LogP contribution is 2.27. The molecule has 3 aromatic rings. The maximum atomic E-state index is 13.7. The van der Waals surface area contributed by atoms with Gasteiger partial charge in [-0.15, -0.1) is 0 Å². The summed E-state index contributed by atoms with van der Waals surface area (Å²) in [5.41, 5.74) is 2.63. The number of aromatic amines is 1. The molecule has 1 heterocycles. The second-order valence-corrected chi connectivity index (χ2v) is 4.04. The van der Waals surface area contributed by atoms with Gasteiger partial charge >= 0.3 is 0 Å². The SMILES string of the molecule is N#Cc1cccc2[nH]c(-c3ccccc3F)cc12. The maximum Gasteiger partial charge on any atom is 0.132 e. The van der Waals surface area contributed by atoms with Crippen LogP contribution in [-0.4, -0.2) is 4.98 Å². The molecule has 0 aliphatic rings. The minimum Gasteiger partial charge on any atom is -0.354 e. The molecule has 86 valence electrons. The zero-order valence-corrected chi connectivity index (χ0v) is 9.44. The number of rotatable bonds is 1. The molecule has 0 bridgehead atoms. The molecule has 3 rings (SSSR count). The van der Waals surface area contributed by atoms with Gasteiger partial charge in [0.15, 0.2) is 0 Å². The summed E-state index contributed by atoms with van der Waals surface area (Å²) in [6.45, 7) is 0. The average molecular weight is 236 g/mol. The van der Waals surface area contributed by atoms with Gasteiger partial charge in [-0.1, -0.05) is 18.2 Å². The Bertz CT molecular complexity index is 766. The Morgan fingerprint density at radius 2 is 1.89 bits per heavy atom. The summed E-state index contributed by atoms with van der Waals surface area (Å²) < 4.78 is 13.7. The summed E-state index contributed by atoms with van der Waals surface area (Å²) in [6, 6.07) is 16.0. The molecule has 0 aliphatic heterocycles. The molecule has 0 saturated carbocycles. The van der Waals surface area contributed by atoms with Crippen molar-refractivity contribution in [3.05, 3.63) is 59.9 Å². The molecule has 2 nitrogen and oxygen atoms in total. The fraction of sp³-hybridized carbons (Fsp3) is 0. The van der Waals surface area contributed by atoms with E-state index in [4.69, 9.17) is 5.26 Å². The second kappa shape index (κ2) is 4.01. The summed E-state index contributed by atoms with van der Waals surface area (Å²) in [5, 5.41) is 9.85. The van der Waals surface area contributed by atoms with Crippen LogP contribution >= 0.6 is 0 Å². The monoisotopic (exact) mass is 236 g/mol. The zero-order chi connectivity index (χ0) is 12.5. The Kier molecular flexibility index (Phi) is 2.35. The van der Waals surface area contributed by atoms with E-state index in [1.807, 2.05) is 18.2 Å². The second-order valence-electron chi connectivity index (χ2n) is 4.04. The van der Waals surface area contributed by atoms with Crippen molar-refractivity contribution in [2.45, 2.75) is 0 Å². The van der Waals surface area contributed by atoms with Crippen molar-refractivity contribution in [3.8, 4) is 17.3 Å². The first-order chi connectivity index (χ1) is 8.79. The fourth-order valence-electron chi connectivity index (χ4n) is 2.08. The smallest absolute Gasteiger partial charge is 0.132 e. The molecular weight excluding hydrogens is 227 g/mol. The van der Waals surface area contributed by atoms with Crippen LogP contribution in [0.25, 0.3) is 22.2 Å². The molecule has 0 spiro atoms. The summed E-state index contributed by atoms with van der Waals surface area (Å²) >= 11 is 0. The van der Waals surface area contributed by atoms with E-state index in [0.717, 1.165) is 10.9 Å². The van der Waals surface area contributed by atoms with E-state index in [1.165, 1.54) is 6.07 Å². The Morgan fingerprint density at radius 1 is 1.06 bits per heavy atom.